The van der Waals surface area contributed by atoms with E-state index in [1.165, 1.54) is 24.0 Å². The smallest absolute Gasteiger partial charge is 0.223 e. The monoisotopic (exact) mass is 395 g/mol. The maximum atomic E-state index is 12.6. The lowest BCUT2D eigenvalue weighted by Crippen LogP contribution is -2.26. The number of hydrogen-bond donors (Lipinski definition) is 0. The standard InChI is InChI=1S/C24H29NO4/c1-25(16-17-8-12-22(28-2)23(14-17)29-3)24(27)13-11-21(26)20-10-9-18-6-4-5-7-19(18)15-20/h8-10,12,14-15H,4-7,11,13,16H2,1-3H3. The first-order valence-corrected chi connectivity index (χ1v) is 10.1. The number of amides is 1. The third kappa shape index (κ3) is 5.17. The number of fused-ring (bicyclic) bond motifs is 1. The molecule has 0 unspecified atom stereocenters. The molecule has 1 aliphatic carbocycles. The fourth-order valence-corrected chi connectivity index (χ4v) is 3.80. The number of carbonyl (C=O) groups is 2. The number of hydrogen-bond acceptors (Lipinski definition) is 4. The number of nitrogens with zero attached hydrogens (tertiary/aromatic N) is 1. The molecule has 0 aromatic heterocycles. The van der Waals surface area contributed by atoms with Crippen LogP contribution in [0.5, 0.6) is 11.5 Å². The molecule has 0 aliphatic heterocycles. The Labute approximate surface area is 172 Å². The molecule has 0 saturated carbocycles. The van der Waals surface area contributed by atoms with Crippen molar-refractivity contribution in [3.05, 3.63) is 58.7 Å². The van der Waals surface area contributed by atoms with Gasteiger partial charge in [0.15, 0.2) is 17.3 Å². The maximum absolute atomic E-state index is 12.6. The van der Waals surface area contributed by atoms with Crippen LogP contribution in [0.1, 0.15) is 52.7 Å². The number of aryl methyl sites for hydroxylation is 2. The molecule has 1 aliphatic rings. The van der Waals surface area contributed by atoms with Gasteiger partial charge in [-0.15, -0.1) is 0 Å². The number of Topliss-reactive ketones (excluding diaryl/α,β-unsaturated/α-hetero) is 1. The van der Waals surface area contributed by atoms with E-state index in [4.69, 9.17) is 9.47 Å². The molecule has 0 saturated heterocycles. The second-order valence-corrected chi connectivity index (χ2v) is 7.55. The first kappa shape index (κ1) is 20.9. The van der Waals surface area contributed by atoms with Gasteiger partial charge < -0.3 is 14.4 Å². The fraction of sp³-hybridized carbons (Fsp3) is 0.417. The Kier molecular flexibility index (Phi) is 6.91. The molecule has 0 fully saturated rings. The van der Waals surface area contributed by atoms with Gasteiger partial charge in [-0.1, -0.05) is 18.2 Å². The van der Waals surface area contributed by atoms with Crippen LogP contribution in [0.25, 0.3) is 0 Å². The van der Waals surface area contributed by atoms with E-state index in [1.54, 1.807) is 26.2 Å². The molecule has 5 heteroatoms. The molecular formula is C24H29NO4. The van der Waals surface area contributed by atoms with Crippen LogP contribution in [0.15, 0.2) is 36.4 Å². The van der Waals surface area contributed by atoms with Crippen molar-refractivity contribution in [1.82, 2.24) is 4.90 Å². The average Bonchev–Trinajstić information content (AvgIpc) is 2.76. The molecule has 0 N–H and O–H groups in total. The molecule has 154 valence electrons. The van der Waals surface area contributed by atoms with Crippen molar-refractivity contribution in [2.45, 2.75) is 45.1 Å². The number of benzene rings is 2. The molecular weight excluding hydrogens is 366 g/mol. The summed E-state index contributed by atoms with van der Waals surface area (Å²) in [6.45, 7) is 0.451. The number of rotatable bonds is 8. The van der Waals surface area contributed by atoms with Gasteiger partial charge in [0.25, 0.3) is 0 Å². The van der Waals surface area contributed by atoms with Gasteiger partial charge in [0, 0.05) is 32.0 Å². The second-order valence-electron chi connectivity index (χ2n) is 7.55. The molecule has 0 spiro atoms. The van der Waals surface area contributed by atoms with Crippen LogP contribution in [0, 0.1) is 0 Å². The summed E-state index contributed by atoms with van der Waals surface area (Å²) in [5, 5.41) is 0. The third-order valence-corrected chi connectivity index (χ3v) is 5.53. The molecule has 29 heavy (non-hydrogen) atoms. The number of carbonyl (C=O) groups excluding carboxylic acids is 2. The lowest BCUT2D eigenvalue weighted by Gasteiger charge is -2.18. The van der Waals surface area contributed by atoms with Crippen molar-refractivity contribution < 1.29 is 19.1 Å². The van der Waals surface area contributed by atoms with E-state index in [-0.39, 0.29) is 24.5 Å². The Morgan fingerprint density at radius 1 is 0.897 bits per heavy atom. The minimum Gasteiger partial charge on any atom is -0.493 e. The van der Waals surface area contributed by atoms with Crippen LogP contribution < -0.4 is 9.47 Å². The molecule has 0 bridgehead atoms. The van der Waals surface area contributed by atoms with Gasteiger partial charge in [-0.05, 0) is 60.6 Å². The van der Waals surface area contributed by atoms with E-state index >= 15 is 0 Å². The molecule has 3 rings (SSSR count). The average molecular weight is 395 g/mol. The third-order valence-electron chi connectivity index (χ3n) is 5.53. The summed E-state index contributed by atoms with van der Waals surface area (Å²) in [7, 11) is 4.93. The van der Waals surface area contributed by atoms with E-state index in [0.29, 0.717) is 18.0 Å². The van der Waals surface area contributed by atoms with Crippen LogP contribution in [-0.4, -0.2) is 37.9 Å². The Bertz CT molecular complexity index is 890. The van der Waals surface area contributed by atoms with Gasteiger partial charge in [-0.3, -0.25) is 9.59 Å². The van der Waals surface area contributed by atoms with E-state index in [2.05, 4.69) is 6.07 Å². The highest BCUT2D eigenvalue weighted by atomic mass is 16.5. The highest BCUT2D eigenvalue weighted by molar-refractivity contribution is 5.98. The zero-order valence-corrected chi connectivity index (χ0v) is 17.5. The minimum absolute atomic E-state index is 0.0336. The van der Waals surface area contributed by atoms with Gasteiger partial charge in [0.2, 0.25) is 5.91 Å². The van der Waals surface area contributed by atoms with E-state index in [9.17, 15) is 9.59 Å². The molecule has 2 aromatic rings. The van der Waals surface area contributed by atoms with Crippen LogP contribution in [0.2, 0.25) is 0 Å². The van der Waals surface area contributed by atoms with Crippen molar-refractivity contribution in [3.8, 4) is 11.5 Å². The lowest BCUT2D eigenvalue weighted by atomic mass is 9.89. The van der Waals surface area contributed by atoms with Gasteiger partial charge in [-0.2, -0.15) is 0 Å². The predicted molar refractivity (Wildman–Crippen MR) is 113 cm³/mol. The zero-order valence-electron chi connectivity index (χ0n) is 17.5. The SMILES string of the molecule is COc1ccc(CN(C)C(=O)CCC(=O)c2ccc3c(c2)CCCC3)cc1OC. The first-order chi connectivity index (χ1) is 14.0. The molecule has 2 aromatic carbocycles. The number of methoxy groups -OCH3 is 2. The summed E-state index contributed by atoms with van der Waals surface area (Å²) in [6, 6.07) is 11.6. The number of ether oxygens (including phenoxy) is 2. The Morgan fingerprint density at radius 3 is 2.34 bits per heavy atom. The van der Waals surface area contributed by atoms with Gasteiger partial charge in [0.05, 0.1) is 14.2 Å². The van der Waals surface area contributed by atoms with Gasteiger partial charge in [-0.25, -0.2) is 0 Å². The lowest BCUT2D eigenvalue weighted by molar-refractivity contribution is -0.130. The van der Waals surface area contributed by atoms with Crippen molar-refractivity contribution in [1.29, 1.82) is 0 Å². The summed E-state index contributed by atoms with van der Waals surface area (Å²) in [5.74, 6) is 1.27. The predicted octanol–water partition coefficient (Wildman–Crippen LogP) is 4.20. The molecule has 0 radical (unpaired) electrons. The quantitative estimate of drug-likeness (QED) is 0.629. The van der Waals surface area contributed by atoms with Gasteiger partial charge in [0.1, 0.15) is 0 Å². The summed E-state index contributed by atoms with van der Waals surface area (Å²) >= 11 is 0. The summed E-state index contributed by atoms with van der Waals surface area (Å²) in [6.07, 6.45) is 4.99. The molecule has 5 nitrogen and oxygen atoms in total. The van der Waals surface area contributed by atoms with Gasteiger partial charge >= 0.3 is 0 Å². The minimum atomic E-state index is -0.0499. The van der Waals surface area contributed by atoms with E-state index < -0.39 is 0 Å². The Balaban J connectivity index is 1.55. The van der Waals surface area contributed by atoms with Crippen LogP contribution in [0.3, 0.4) is 0 Å². The van der Waals surface area contributed by atoms with Crippen molar-refractivity contribution >= 4 is 11.7 Å². The second kappa shape index (κ2) is 9.59. The van der Waals surface area contributed by atoms with Crippen molar-refractivity contribution in [3.63, 3.8) is 0 Å². The fourth-order valence-electron chi connectivity index (χ4n) is 3.80. The zero-order chi connectivity index (χ0) is 20.8. The maximum Gasteiger partial charge on any atom is 0.223 e. The number of ketones is 1. The Hall–Kier alpha value is -2.82. The molecule has 0 heterocycles. The van der Waals surface area contributed by atoms with Crippen LogP contribution in [-0.2, 0) is 24.2 Å². The topological polar surface area (TPSA) is 55.8 Å². The van der Waals surface area contributed by atoms with Crippen molar-refractivity contribution in [2.75, 3.05) is 21.3 Å². The normalized spacial score (nSPS) is 12.8. The highest BCUT2D eigenvalue weighted by Gasteiger charge is 2.16. The largest absolute Gasteiger partial charge is 0.493 e. The summed E-state index contributed by atoms with van der Waals surface area (Å²) in [5.41, 5.74) is 4.32. The molecule has 0 atom stereocenters. The van der Waals surface area contributed by atoms with Crippen LogP contribution >= 0.6 is 0 Å². The van der Waals surface area contributed by atoms with Crippen LogP contribution in [0.4, 0.5) is 0 Å². The highest BCUT2D eigenvalue weighted by Crippen LogP contribution is 2.28. The van der Waals surface area contributed by atoms with E-state index in [0.717, 1.165) is 24.0 Å². The summed E-state index contributed by atoms with van der Waals surface area (Å²) < 4.78 is 10.6. The first-order valence-electron chi connectivity index (χ1n) is 10.1. The molecule has 1 amide bonds. The summed E-state index contributed by atoms with van der Waals surface area (Å²) in [4.78, 5) is 26.7. The van der Waals surface area contributed by atoms with Crippen molar-refractivity contribution in [2.24, 2.45) is 0 Å². The van der Waals surface area contributed by atoms with E-state index in [1.807, 2.05) is 30.3 Å². The Morgan fingerprint density at radius 2 is 1.62 bits per heavy atom.